The SMILES string of the molecule is Cl.NC1(c2ccc(-c3nc4ccn5c(-c6ncccn6)nnc5c4cc3-c3ccccc3)cc2)CCC1. The summed E-state index contributed by atoms with van der Waals surface area (Å²) in [5.74, 6) is 1.13. The number of nitrogens with two attached hydrogens (primary N) is 1. The number of hydrogen-bond acceptors (Lipinski definition) is 6. The third-order valence-corrected chi connectivity index (χ3v) is 7.20. The second kappa shape index (κ2) is 9.03. The molecule has 0 radical (unpaired) electrons. The van der Waals surface area contributed by atoms with Crippen molar-refractivity contribution in [1.29, 1.82) is 0 Å². The largest absolute Gasteiger partial charge is 0.321 e. The smallest absolute Gasteiger partial charge is 0.206 e. The maximum atomic E-state index is 6.57. The van der Waals surface area contributed by atoms with Crippen molar-refractivity contribution >= 4 is 29.0 Å². The van der Waals surface area contributed by atoms with Crippen molar-refractivity contribution < 1.29 is 0 Å². The van der Waals surface area contributed by atoms with E-state index in [1.165, 1.54) is 12.0 Å². The highest BCUT2D eigenvalue weighted by atomic mass is 35.5. The monoisotopic (exact) mass is 505 g/mol. The van der Waals surface area contributed by atoms with Gasteiger partial charge in [-0.2, -0.15) is 0 Å². The van der Waals surface area contributed by atoms with Crippen LogP contribution in [0.5, 0.6) is 0 Å². The van der Waals surface area contributed by atoms with Crippen LogP contribution in [-0.2, 0) is 5.54 Å². The molecule has 0 unspecified atom stereocenters. The first-order valence-electron chi connectivity index (χ1n) is 12.1. The number of halogens is 1. The Morgan fingerprint density at radius 2 is 1.57 bits per heavy atom. The molecule has 1 fully saturated rings. The standard InChI is InChI=1S/C29H23N7.ClH/c30-29(13-4-14-29)21-10-8-20(9-11-21)25-22(19-6-2-1-3-7-19)18-23-24(33-25)12-17-36-27(23)34-35-28(36)26-31-15-5-16-32-26;/h1-3,5-12,15-18H,4,13-14,30H2;1H. The fraction of sp³-hybridized carbons (Fsp3) is 0.138. The van der Waals surface area contributed by atoms with Crippen LogP contribution in [0.2, 0.25) is 0 Å². The van der Waals surface area contributed by atoms with Gasteiger partial charge in [0.2, 0.25) is 5.82 Å². The van der Waals surface area contributed by atoms with Crippen molar-refractivity contribution in [3.63, 3.8) is 0 Å². The lowest BCUT2D eigenvalue weighted by Gasteiger charge is -2.38. The summed E-state index contributed by atoms with van der Waals surface area (Å²) in [5, 5.41) is 9.81. The van der Waals surface area contributed by atoms with Crippen molar-refractivity contribution in [2.24, 2.45) is 5.73 Å². The van der Waals surface area contributed by atoms with Crippen LogP contribution >= 0.6 is 12.4 Å². The molecular weight excluding hydrogens is 482 g/mol. The average molecular weight is 506 g/mol. The minimum Gasteiger partial charge on any atom is -0.321 e. The van der Waals surface area contributed by atoms with E-state index in [0.29, 0.717) is 11.6 Å². The van der Waals surface area contributed by atoms with Crippen molar-refractivity contribution in [2.45, 2.75) is 24.8 Å². The quantitative estimate of drug-likeness (QED) is 0.324. The number of fused-ring (bicyclic) bond motifs is 3. The molecule has 2 N–H and O–H groups in total. The lowest BCUT2D eigenvalue weighted by Crippen LogP contribution is -2.43. The van der Waals surface area contributed by atoms with E-state index < -0.39 is 0 Å². The Labute approximate surface area is 219 Å². The zero-order valence-corrected chi connectivity index (χ0v) is 20.8. The number of aromatic nitrogens is 6. The summed E-state index contributed by atoms with van der Waals surface area (Å²) in [6, 6.07) is 24.9. The first-order chi connectivity index (χ1) is 17.7. The minimum atomic E-state index is -0.183. The maximum Gasteiger partial charge on any atom is 0.206 e. The molecule has 0 spiro atoms. The fourth-order valence-electron chi connectivity index (χ4n) is 5.03. The third-order valence-electron chi connectivity index (χ3n) is 7.20. The second-order valence-electron chi connectivity index (χ2n) is 9.38. The van der Waals surface area contributed by atoms with E-state index in [2.05, 4.69) is 62.6 Å². The Morgan fingerprint density at radius 1 is 0.811 bits per heavy atom. The van der Waals surface area contributed by atoms with Crippen LogP contribution in [-0.4, -0.2) is 29.5 Å². The summed E-state index contributed by atoms with van der Waals surface area (Å²) in [5.41, 5.74) is 13.3. The summed E-state index contributed by atoms with van der Waals surface area (Å²) in [6.07, 6.45) is 8.61. The Morgan fingerprint density at radius 3 is 2.27 bits per heavy atom. The molecule has 0 atom stereocenters. The van der Waals surface area contributed by atoms with E-state index in [4.69, 9.17) is 10.7 Å². The van der Waals surface area contributed by atoms with Gasteiger partial charge in [-0.05, 0) is 48.6 Å². The fourth-order valence-corrected chi connectivity index (χ4v) is 5.03. The van der Waals surface area contributed by atoms with Gasteiger partial charge in [-0.15, -0.1) is 22.6 Å². The molecule has 1 saturated carbocycles. The van der Waals surface area contributed by atoms with Crippen molar-refractivity contribution in [3.05, 3.63) is 97.0 Å². The molecule has 1 aliphatic rings. The van der Waals surface area contributed by atoms with Gasteiger partial charge in [0, 0.05) is 40.6 Å². The highest BCUT2D eigenvalue weighted by Crippen LogP contribution is 2.40. The van der Waals surface area contributed by atoms with Crippen LogP contribution < -0.4 is 5.73 Å². The van der Waals surface area contributed by atoms with Crippen LogP contribution in [0, 0.1) is 0 Å². The molecule has 37 heavy (non-hydrogen) atoms. The lowest BCUT2D eigenvalue weighted by molar-refractivity contribution is 0.253. The topological polar surface area (TPSA) is 94.9 Å². The van der Waals surface area contributed by atoms with E-state index in [0.717, 1.165) is 51.8 Å². The molecule has 2 aromatic carbocycles. The predicted octanol–water partition coefficient (Wildman–Crippen LogP) is 5.83. The molecule has 0 bridgehead atoms. The molecule has 182 valence electrons. The predicted molar refractivity (Wildman–Crippen MR) is 147 cm³/mol. The van der Waals surface area contributed by atoms with Crippen LogP contribution in [0.15, 0.2) is 91.4 Å². The summed E-state index contributed by atoms with van der Waals surface area (Å²) in [4.78, 5) is 13.8. The highest BCUT2D eigenvalue weighted by Gasteiger charge is 2.34. The Kier molecular flexibility index (Phi) is 5.67. The number of hydrogen-bond donors (Lipinski definition) is 1. The van der Waals surface area contributed by atoms with Crippen molar-refractivity contribution in [2.75, 3.05) is 0 Å². The first-order valence-corrected chi connectivity index (χ1v) is 12.1. The van der Waals surface area contributed by atoms with E-state index in [1.54, 1.807) is 18.5 Å². The number of nitrogens with zero attached hydrogens (tertiary/aromatic N) is 6. The van der Waals surface area contributed by atoms with E-state index in [1.807, 2.05) is 34.9 Å². The Balaban J connectivity index is 0.00000252. The van der Waals surface area contributed by atoms with Gasteiger partial charge < -0.3 is 5.73 Å². The number of pyridine rings is 2. The Bertz CT molecular complexity index is 1710. The zero-order chi connectivity index (χ0) is 24.1. The molecule has 4 heterocycles. The summed E-state index contributed by atoms with van der Waals surface area (Å²) in [6.45, 7) is 0. The summed E-state index contributed by atoms with van der Waals surface area (Å²) in [7, 11) is 0. The van der Waals surface area contributed by atoms with E-state index in [9.17, 15) is 0 Å². The molecule has 7 rings (SSSR count). The van der Waals surface area contributed by atoms with Gasteiger partial charge in [0.05, 0.1) is 11.2 Å². The zero-order valence-electron chi connectivity index (χ0n) is 20.0. The van der Waals surface area contributed by atoms with Crippen LogP contribution in [0.3, 0.4) is 0 Å². The minimum absolute atomic E-state index is 0. The normalized spacial score (nSPS) is 14.3. The molecule has 6 aromatic rings. The molecule has 8 heteroatoms. The van der Waals surface area contributed by atoms with E-state index in [-0.39, 0.29) is 17.9 Å². The van der Waals surface area contributed by atoms with Crippen LogP contribution in [0.25, 0.3) is 50.6 Å². The van der Waals surface area contributed by atoms with Crippen molar-refractivity contribution in [1.82, 2.24) is 29.5 Å². The van der Waals surface area contributed by atoms with Gasteiger partial charge in [0.15, 0.2) is 11.5 Å². The first kappa shape index (κ1) is 23.2. The van der Waals surface area contributed by atoms with Crippen molar-refractivity contribution in [3.8, 4) is 34.0 Å². The number of rotatable bonds is 4. The van der Waals surface area contributed by atoms with E-state index >= 15 is 0 Å². The van der Waals surface area contributed by atoms with Gasteiger partial charge in [-0.25, -0.2) is 15.0 Å². The van der Waals surface area contributed by atoms with Gasteiger partial charge in [-0.3, -0.25) is 4.40 Å². The summed E-state index contributed by atoms with van der Waals surface area (Å²) < 4.78 is 1.92. The van der Waals surface area contributed by atoms with Gasteiger partial charge in [-0.1, -0.05) is 54.6 Å². The molecule has 0 amide bonds. The highest BCUT2D eigenvalue weighted by molar-refractivity contribution is 5.98. The molecule has 0 aliphatic heterocycles. The maximum absolute atomic E-state index is 6.57. The van der Waals surface area contributed by atoms with Crippen LogP contribution in [0.1, 0.15) is 24.8 Å². The molecule has 1 aliphatic carbocycles. The van der Waals surface area contributed by atoms with Gasteiger partial charge in [0.1, 0.15) is 0 Å². The number of benzene rings is 2. The van der Waals surface area contributed by atoms with Crippen LogP contribution in [0.4, 0.5) is 0 Å². The molecule has 4 aromatic heterocycles. The Hall–Kier alpha value is -4.20. The second-order valence-corrected chi connectivity index (χ2v) is 9.38. The van der Waals surface area contributed by atoms with Gasteiger partial charge in [0.25, 0.3) is 0 Å². The average Bonchev–Trinajstić information content (AvgIpc) is 3.37. The lowest BCUT2D eigenvalue weighted by atomic mass is 9.72. The molecule has 0 saturated heterocycles. The molecule has 7 nitrogen and oxygen atoms in total. The molecular formula is C29H24ClN7. The van der Waals surface area contributed by atoms with Gasteiger partial charge >= 0.3 is 0 Å². The summed E-state index contributed by atoms with van der Waals surface area (Å²) >= 11 is 0. The third kappa shape index (κ3) is 3.84.